The Balaban J connectivity index is 2.03. The first-order valence-corrected chi connectivity index (χ1v) is 6.22. The molecular weight excluding hydrogens is 260 g/mol. The predicted molar refractivity (Wildman–Crippen MR) is 78.0 cm³/mol. The first-order valence-electron chi connectivity index (χ1n) is 5.84. The Morgan fingerprint density at radius 2 is 1.84 bits per heavy atom. The number of hydrogen-bond donors (Lipinski definition) is 2. The van der Waals surface area contributed by atoms with Crippen LogP contribution in [0.15, 0.2) is 48.5 Å². The second-order valence-electron chi connectivity index (χ2n) is 4.15. The molecule has 1 aromatic heterocycles. The maximum Gasteiger partial charge on any atom is 0.134 e. The largest absolute Gasteiger partial charge is 0.507 e. The summed E-state index contributed by atoms with van der Waals surface area (Å²) in [6.45, 7) is 0. The molecule has 0 spiro atoms. The number of rotatable bonds is 2. The Kier molecular flexibility index (Phi) is 2.97. The van der Waals surface area contributed by atoms with Crippen LogP contribution in [0.4, 0.5) is 0 Å². The lowest BCUT2D eigenvalue weighted by Crippen LogP contribution is -1.85. The lowest BCUT2D eigenvalue weighted by Gasteiger charge is -2.01. The van der Waals surface area contributed by atoms with Gasteiger partial charge in [0.15, 0.2) is 0 Å². The van der Waals surface area contributed by atoms with Crippen LogP contribution in [-0.2, 0) is 0 Å². The van der Waals surface area contributed by atoms with Crippen LogP contribution in [0, 0.1) is 0 Å². The van der Waals surface area contributed by atoms with E-state index >= 15 is 0 Å². The van der Waals surface area contributed by atoms with Crippen LogP contribution in [0.25, 0.3) is 22.9 Å². The first-order chi connectivity index (χ1) is 9.24. The van der Waals surface area contributed by atoms with E-state index in [1.165, 1.54) is 0 Å². The van der Waals surface area contributed by atoms with Crippen LogP contribution in [0.3, 0.4) is 0 Å². The van der Waals surface area contributed by atoms with E-state index in [4.69, 9.17) is 11.6 Å². The molecule has 0 bridgehead atoms. The van der Waals surface area contributed by atoms with Crippen LogP contribution < -0.4 is 0 Å². The van der Waals surface area contributed by atoms with Crippen molar-refractivity contribution in [3.8, 4) is 0 Å². The number of para-hydroxylation sites is 2. The minimum atomic E-state index is 0.0876. The first kappa shape index (κ1) is 11.8. The lowest BCUT2D eigenvalue weighted by molar-refractivity contribution is 0.515. The van der Waals surface area contributed by atoms with Gasteiger partial charge >= 0.3 is 0 Å². The molecule has 0 saturated heterocycles. The molecule has 2 aromatic carbocycles. The van der Waals surface area contributed by atoms with Crippen molar-refractivity contribution >= 4 is 34.5 Å². The van der Waals surface area contributed by atoms with E-state index in [9.17, 15) is 5.11 Å². The van der Waals surface area contributed by atoms with Gasteiger partial charge in [0.05, 0.1) is 16.1 Å². The fourth-order valence-corrected chi connectivity index (χ4v) is 2.15. The molecule has 0 aliphatic heterocycles. The van der Waals surface area contributed by atoms with Crippen LogP contribution in [0.5, 0.6) is 0 Å². The smallest absolute Gasteiger partial charge is 0.134 e. The summed E-state index contributed by atoms with van der Waals surface area (Å²) in [5, 5.41) is 10.6. The van der Waals surface area contributed by atoms with E-state index in [1.54, 1.807) is 18.2 Å². The SMILES string of the molecule is OC(=Cc1nc2ccccc2[nH]1)c1ccccc1Cl. The van der Waals surface area contributed by atoms with Gasteiger partial charge in [0.2, 0.25) is 0 Å². The highest BCUT2D eigenvalue weighted by molar-refractivity contribution is 6.32. The van der Waals surface area contributed by atoms with E-state index in [0.29, 0.717) is 16.4 Å². The van der Waals surface area contributed by atoms with E-state index in [1.807, 2.05) is 36.4 Å². The Labute approximate surface area is 115 Å². The summed E-state index contributed by atoms with van der Waals surface area (Å²) in [6, 6.07) is 14.8. The third-order valence-electron chi connectivity index (χ3n) is 2.83. The van der Waals surface area contributed by atoms with Crippen molar-refractivity contribution in [3.63, 3.8) is 0 Å². The molecule has 3 aromatic rings. The fourth-order valence-electron chi connectivity index (χ4n) is 1.92. The average molecular weight is 271 g/mol. The second-order valence-corrected chi connectivity index (χ2v) is 4.56. The van der Waals surface area contributed by atoms with Gasteiger partial charge < -0.3 is 10.1 Å². The van der Waals surface area contributed by atoms with Crippen LogP contribution >= 0.6 is 11.6 Å². The molecule has 0 radical (unpaired) electrons. The van der Waals surface area contributed by atoms with Crippen LogP contribution in [0.2, 0.25) is 5.02 Å². The van der Waals surface area contributed by atoms with Gasteiger partial charge in [0, 0.05) is 11.6 Å². The number of fused-ring (bicyclic) bond motifs is 1. The van der Waals surface area contributed by atoms with Gasteiger partial charge in [-0.15, -0.1) is 0 Å². The molecule has 3 nitrogen and oxygen atoms in total. The predicted octanol–water partition coefficient (Wildman–Crippen LogP) is 4.27. The minimum Gasteiger partial charge on any atom is -0.507 e. The molecule has 0 fully saturated rings. The number of aliphatic hydroxyl groups excluding tert-OH is 1. The van der Waals surface area contributed by atoms with Crippen LogP contribution in [-0.4, -0.2) is 15.1 Å². The summed E-state index contributed by atoms with van der Waals surface area (Å²) in [6.07, 6.45) is 1.57. The van der Waals surface area contributed by atoms with Crippen molar-refractivity contribution in [3.05, 3.63) is 64.9 Å². The van der Waals surface area contributed by atoms with Gasteiger partial charge in [-0.2, -0.15) is 0 Å². The summed E-state index contributed by atoms with van der Waals surface area (Å²) >= 11 is 6.03. The van der Waals surface area contributed by atoms with Crippen molar-refractivity contribution in [2.24, 2.45) is 0 Å². The molecule has 0 saturated carbocycles. The zero-order chi connectivity index (χ0) is 13.2. The molecule has 94 valence electrons. The van der Waals surface area contributed by atoms with E-state index in [-0.39, 0.29) is 5.76 Å². The molecule has 2 N–H and O–H groups in total. The Morgan fingerprint density at radius 1 is 1.11 bits per heavy atom. The monoisotopic (exact) mass is 270 g/mol. The number of benzene rings is 2. The molecule has 4 heteroatoms. The maximum atomic E-state index is 10.1. The quantitative estimate of drug-likeness (QED) is 0.683. The molecule has 1 heterocycles. The number of hydrogen-bond acceptors (Lipinski definition) is 2. The molecular formula is C15H11ClN2O. The van der Waals surface area contributed by atoms with Crippen molar-refractivity contribution in [2.45, 2.75) is 0 Å². The number of aliphatic hydroxyl groups is 1. The summed E-state index contributed by atoms with van der Waals surface area (Å²) in [7, 11) is 0. The second kappa shape index (κ2) is 4.78. The molecule has 0 aliphatic rings. The van der Waals surface area contributed by atoms with Gasteiger partial charge in [-0.3, -0.25) is 0 Å². The highest BCUT2D eigenvalue weighted by Crippen LogP contribution is 2.23. The van der Waals surface area contributed by atoms with E-state index < -0.39 is 0 Å². The number of nitrogens with one attached hydrogen (secondary N) is 1. The van der Waals surface area contributed by atoms with E-state index in [0.717, 1.165) is 11.0 Å². The lowest BCUT2D eigenvalue weighted by atomic mass is 10.2. The molecule has 19 heavy (non-hydrogen) atoms. The summed E-state index contributed by atoms with van der Waals surface area (Å²) in [5.74, 6) is 0.684. The van der Waals surface area contributed by atoms with Gasteiger partial charge in [0.25, 0.3) is 0 Å². The molecule has 0 amide bonds. The van der Waals surface area contributed by atoms with Crippen molar-refractivity contribution < 1.29 is 5.11 Å². The van der Waals surface area contributed by atoms with Crippen molar-refractivity contribution in [2.75, 3.05) is 0 Å². The topological polar surface area (TPSA) is 48.9 Å². The number of nitrogens with zero attached hydrogens (tertiary/aromatic N) is 1. The summed E-state index contributed by atoms with van der Waals surface area (Å²) in [5.41, 5.74) is 2.38. The zero-order valence-corrected chi connectivity index (χ0v) is 10.7. The van der Waals surface area contributed by atoms with Crippen molar-refractivity contribution in [1.29, 1.82) is 0 Å². The van der Waals surface area contributed by atoms with Gasteiger partial charge in [-0.1, -0.05) is 35.9 Å². The van der Waals surface area contributed by atoms with Gasteiger partial charge in [-0.25, -0.2) is 4.98 Å². The highest BCUT2D eigenvalue weighted by Gasteiger charge is 2.06. The molecule has 0 atom stereocenters. The average Bonchev–Trinajstić information content (AvgIpc) is 2.81. The zero-order valence-electron chi connectivity index (χ0n) is 9.97. The number of halogens is 1. The Hall–Kier alpha value is -2.26. The summed E-state index contributed by atoms with van der Waals surface area (Å²) < 4.78 is 0. The minimum absolute atomic E-state index is 0.0876. The highest BCUT2D eigenvalue weighted by atomic mass is 35.5. The Morgan fingerprint density at radius 3 is 2.63 bits per heavy atom. The third kappa shape index (κ3) is 2.33. The molecule has 0 aliphatic carbocycles. The summed E-state index contributed by atoms with van der Waals surface area (Å²) in [4.78, 5) is 7.50. The fraction of sp³-hybridized carbons (Fsp3) is 0. The number of aromatic nitrogens is 2. The van der Waals surface area contributed by atoms with Crippen LogP contribution in [0.1, 0.15) is 11.4 Å². The normalized spacial score (nSPS) is 11.9. The van der Waals surface area contributed by atoms with Crippen molar-refractivity contribution in [1.82, 2.24) is 9.97 Å². The third-order valence-corrected chi connectivity index (χ3v) is 3.16. The number of imidazole rings is 1. The molecule has 0 unspecified atom stereocenters. The van der Waals surface area contributed by atoms with Gasteiger partial charge in [-0.05, 0) is 24.3 Å². The standard InChI is InChI=1S/C15H11ClN2O/c16-11-6-2-1-5-10(11)14(19)9-15-17-12-7-3-4-8-13(12)18-15/h1-9,19H,(H,17,18). The number of H-pyrrole nitrogens is 1. The Bertz CT molecular complexity index is 728. The number of aromatic amines is 1. The maximum absolute atomic E-state index is 10.1. The van der Waals surface area contributed by atoms with Gasteiger partial charge in [0.1, 0.15) is 11.6 Å². The van der Waals surface area contributed by atoms with E-state index in [2.05, 4.69) is 9.97 Å². The molecule has 3 rings (SSSR count).